The third-order valence-electron chi connectivity index (χ3n) is 4.26. The Morgan fingerprint density at radius 1 is 0.783 bits per heavy atom. The molecule has 4 heteroatoms. The molecular weight excluding hydrogens is 312 g/mol. The Morgan fingerprint density at radius 3 is 1.96 bits per heavy atom. The van der Waals surface area contributed by atoms with Gasteiger partial charge in [0.05, 0.1) is 17.6 Å². The minimum absolute atomic E-state index is 0.923. The molecule has 0 radical (unpaired) electrons. The maximum atomic E-state index is 4.66. The van der Waals surface area contributed by atoms with Crippen molar-refractivity contribution in [2.75, 3.05) is 0 Å². The van der Waals surface area contributed by atoms with Gasteiger partial charge in [-0.25, -0.2) is 4.98 Å². The molecule has 0 aliphatic heterocycles. The van der Waals surface area contributed by atoms with Crippen LogP contribution in [0, 0.1) is 0 Å². The number of hydrogen-bond donors (Lipinski definition) is 0. The van der Waals surface area contributed by atoms with Gasteiger partial charge in [0.1, 0.15) is 5.82 Å². The van der Waals surface area contributed by atoms with Crippen LogP contribution in [0.25, 0.3) is 17.1 Å². The van der Waals surface area contributed by atoms with Gasteiger partial charge in [0.15, 0.2) is 0 Å². The fourth-order valence-corrected chi connectivity index (χ4v) is 5.94. The summed E-state index contributed by atoms with van der Waals surface area (Å²) in [6, 6.07) is 17.4. The Bertz CT molecular complexity index is 766. The summed E-state index contributed by atoms with van der Waals surface area (Å²) < 4.78 is 2.32. The summed E-state index contributed by atoms with van der Waals surface area (Å²) in [5, 5.41) is 3.08. The lowest BCUT2D eigenvalue weighted by molar-refractivity contribution is 1.08. The van der Waals surface area contributed by atoms with Crippen molar-refractivity contribution in [1.82, 2.24) is 9.55 Å². The predicted molar refractivity (Wildman–Crippen MR) is 106 cm³/mol. The normalized spacial score (nSPS) is 11.4. The van der Waals surface area contributed by atoms with E-state index in [0.29, 0.717) is 0 Å². The van der Waals surface area contributed by atoms with Crippen LogP contribution >= 0.6 is 0 Å². The molecule has 3 aromatic rings. The molecule has 118 valence electrons. The molecule has 0 aliphatic carbocycles. The van der Waals surface area contributed by atoms with Crippen LogP contribution < -0.4 is 10.4 Å². The van der Waals surface area contributed by atoms with Crippen LogP contribution in [0.3, 0.4) is 0 Å². The third-order valence-corrected chi connectivity index (χ3v) is 7.68. The molecule has 1 aromatic heterocycles. The van der Waals surface area contributed by atoms with Crippen LogP contribution in [0.4, 0.5) is 0 Å². The Labute approximate surface area is 142 Å². The smallest absolute Gasteiger partial charge is 0.144 e. The first kappa shape index (κ1) is 16.0. The molecule has 0 fully saturated rings. The highest BCUT2D eigenvalue weighted by atomic mass is 28.3. The van der Waals surface area contributed by atoms with Crippen molar-refractivity contribution in [3.05, 3.63) is 60.9 Å². The average molecular weight is 337 g/mol. The highest BCUT2D eigenvalue weighted by Gasteiger charge is 2.18. The first-order valence-corrected chi connectivity index (χ1v) is 14.1. The first-order chi connectivity index (χ1) is 11.1. The summed E-state index contributed by atoms with van der Waals surface area (Å²) in [5.74, 6) is 1.05. The van der Waals surface area contributed by atoms with Crippen LogP contribution in [-0.2, 0) is 0 Å². The van der Waals surface area contributed by atoms with Gasteiger partial charge in [-0.3, -0.25) is 0 Å². The van der Waals surface area contributed by atoms with Gasteiger partial charge >= 0.3 is 0 Å². The molecule has 0 saturated carbocycles. The number of benzene rings is 2. The Hall–Kier alpha value is -1.92. The Balaban J connectivity index is 2.26. The quantitative estimate of drug-likeness (QED) is 0.670. The van der Waals surface area contributed by atoms with E-state index in [1.54, 1.807) is 10.4 Å². The van der Waals surface area contributed by atoms with Gasteiger partial charge in [-0.15, -0.1) is 0 Å². The first-order valence-electron chi connectivity index (χ1n) is 8.31. The van der Waals surface area contributed by atoms with Crippen molar-refractivity contribution in [3.63, 3.8) is 0 Å². The molecule has 0 saturated heterocycles. The van der Waals surface area contributed by atoms with Crippen molar-refractivity contribution in [1.29, 1.82) is 0 Å². The second kappa shape index (κ2) is 6.68. The molecular formula is C19H24N2Si2. The third kappa shape index (κ3) is 3.09. The number of nitrogens with zero attached hydrogens (tertiary/aromatic N) is 2. The molecule has 2 nitrogen and oxygen atoms in total. The number of aromatic nitrogens is 2. The summed E-state index contributed by atoms with van der Waals surface area (Å²) in [7, 11) is -1.85. The van der Waals surface area contributed by atoms with Crippen molar-refractivity contribution >= 4 is 28.0 Å². The van der Waals surface area contributed by atoms with Crippen LogP contribution in [-0.4, -0.2) is 27.1 Å². The summed E-state index contributed by atoms with van der Waals surface area (Å²) in [5.41, 5.74) is 2.58. The van der Waals surface area contributed by atoms with E-state index in [-0.39, 0.29) is 0 Å². The Morgan fingerprint density at radius 2 is 1.39 bits per heavy atom. The number of imidazole rings is 1. The number of para-hydroxylation sites is 1. The van der Waals surface area contributed by atoms with E-state index in [1.807, 2.05) is 6.20 Å². The number of rotatable bonds is 4. The molecule has 1 heterocycles. The van der Waals surface area contributed by atoms with E-state index in [0.717, 1.165) is 5.82 Å². The second-order valence-corrected chi connectivity index (χ2v) is 12.4. The van der Waals surface area contributed by atoms with Gasteiger partial charge in [-0.2, -0.15) is 0 Å². The maximum absolute atomic E-state index is 4.66. The predicted octanol–water partition coefficient (Wildman–Crippen LogP) is 2.93. The van der Waals surface area contributed by atoms with Gasteiger partial charge in [-0.05, 0) is 10.4 Å². The molecule has 0 atom stereocenters. The molecule has 0 N–H and O–H groups in total. The van der Waals surface area contributed by atoms with Crippen molar-refractivity contribution in [3.8, 4) is 17.1 Å². The minimum Gasteiger partial charge on any atom is -0.300 e. The standard InChI is InChI=1S/C19H24N2Si2/c1-22(2)16-11-8-12-17(23(3)4)18(16)21-14-13-20-19(21)15-9-6-5-7-10-15/h5-14,22-23H,1-4H3. The second-order valence-electron chi connectivity index (χ2n) is 6.58. The van der Waals surface area contributed by atoms with E-state index < -0.39 is 17.6 Å². The fourth-order valence-electron chi connectivity index (χ4n) is 3.07. The number of hydrogen-bond acceptors (Lipinski definition) is 1. The molecule has 3 rings (SSSR count). The highest BCUT2D eigenvalue weighted by molar-refractivity contribution is 6.76. The van der Waals surface area contributed by atoms with E-state index in [4.69, 9.17) is 0 Å². The van der Waals surface area contributed by atoms with Crippen molar-refractivity contribution < 1.29 is 0 Å². The SMILES string of the molecule is C[SiH](C)c1cccc([SiH](C)C)c1-n1ccnc1-c1ccccc1. The van der Waals surface area contributed by atoms with Gasteiger partial charge in [0, 0.05) is 23.6 Å². The van der Waals surface area contributed by atoms with Crippen LogP contribution in [0.2, 0.25) is 26.2 Å². The fraction of sp³-hybridized carbons (Fsp3) is 0.211. The molecule has 2 aromatic carbocycles. The molecule has 0 unspecified atom stereocenters. The minimum atomic E-state index is -0.923. The maximum Gasteiger partial charge on any atom is 0.144 e. The lowest BCUT2D eigenvalue weighted by Gasteiger charge is -2.21. The zero-order valence-electron chi connectivity index (χ0n) is 14.3. The van der Waals surface area contributed by atoms with Crippen molar-refractivity contribution in [2.45, 2.75) is 26.2 Å². The van der Waals surface area contributed by atoms with E-state index >= 15 is 0 Å². The highest BCUT2D eigenvalue weighted by Crippen LogP contribution is 2.20. The topological polar surface area (TPSA) is 17.8 Å². The molecule has 0 spiro atoms. The summed E-state index contributed by atoms with van der Waals surface area (Å²) in [4.78, 5) is 4.66. The van der Waals surface area contributed by atoms with Gasteiger partial charge in [0.25, 0.3) is 0 Å². The molecule has 0 bridgehead atoms. The van der Waals surface area contributed by atoms with Crippen LogP contribution in [0.1, 0.15) is 0 Å². The lowest BCUT2D eigenvalue weighted by Crippen LogP contribution is -2.38. The van der Waals surface area contributed by atoms with E-state index in [9.17, 15) is 0 Å². The van der Waals surface area contributed by atoms with E-state index in [1.165, 1.54) is 11.3 Å². The zero-order valence-corrected chi connectivity index (χ0v) is 16.6. The van der Waals surface area contributed by atoms with Crippen LogP contribution in [0.15, 0.2) is 60.9 Å². The summed E-state index contributed by atoms with van der Waals surface area (Å²) in [6.07, 6.45) is 4.05. The zero-order chi connectivity index (χ0) is 16.4. The van der Waals surface area contributed by atoms with Crippen molar-refractivity contribution in [2.24, 2.45) is 0 Å². The van der Waals surface area contributed by atoms with E-state index in [2.05, 4.69) is 90.5 Å². The summed E-state index contributed by atoms with van der Waals surface area (Å²) >= 11 is 0. The van der Waals surface area contributed by atoms with Gasteiger partial charge in [0.2, 0.25) is 0 Å². The molecule has 0 aliphatic rings. The van der Waals surface area contributed by atoms with Gasteiger partial charge < -0.3 is 4.57 Å². The summed E-state index contributed by atoms with van der Waals surface area (Å²) in [6.45, 7) is 9.63. The van der Waals surface area contributed by atoms with Gasteiger partial charge in [-0.1, -0.05) is 74.7 Å². The monoisotopic (exact) mass is 336 g/mol. The average Bonchev–Trinajstić information content (AvgIpc) is 3.04. The molecule has 23 heavy (non-hydrogen) atoms. The Kier molecular flexibility index (Phi) is 4.64. The molecule has 0 amide bonds. The largest absolute Gasteiger partial charge is 0.300 e. The van der Waals surface area contributed by atoms with Crippen LogP contribution in [0.5, 0.6) is 0 Å². The lowest BCUT2D eigenvalue weighted by atomic mass is 10.2.